The fourth-order valence-corrected chi connectivity index (χ4v) is 18.0. The van der Waals surface area contributed by atoms with Gasteiger partial charge in [0, 0.05) is 117 Å². The molecule has 0 radical (unpaired) electrons. The van der Waals surface area contributed by atoms with Gasteiger partial charge in [0.25, 0.3) is 0 Å². The maximum absolute atomic E-state index is 14.2. The summed E-state index contributed by atoms with van der Waals surface area (Å²) in [5.41, 5.74) is 18.6. The Kier molecular flexibility index (Phi) is 26.2. The fraction of sp³-hybridized carbons (Fsp3) is 0.436. The molecule has 15 aromatic rings. The molecule has 3 aromatic carbocycles. The maximum atomic E-state index is 14.2. The van der Waals surface area contributed by atoms with Crippen molar-refractivity contribution < 1.29 is 4.39 Å². The van der Waals surface area contributed by atoms with E-state index in [2.05, 4.69) is 185 Å². The number of nitrogens with zero attached hydrogens (tertiary/aromatic N) is 22. The number of aromatic nitrogens is 22. The Morgan fingerprint density at radius 1 is 0.325 bits per heavy atom. The van der Waals surface area contributed by atoms with E-state index in [1.807, 2.05) is 99.3 Å². The standard InChI is InChI=1S/C20H24ClN5.C19H22ClN5.C19H24N6.C18H19ClFN5.C18H21ClN6/c1-4-20(3)8-10-26(11-9-20)16-12-22-18-17(24-25-19(18)23-16)14-6-5-7-15(21)13(14)2;1-3-19(2)8-10-25(11-9-19)15-12-21-17-16(23-24-18(17)22-15)13-6-4-5-7-14(13)20;1-4-19(3)7-10-25(11-8-19)15-12-21-17-16(23-24-18(17)22-15)14-6-5-9-20-13(14)2;1-18(2)6-8-25(9-7-18)13-10-21-16-15(23-24-17(16)22-13)14-11(19)4-3-5-12(14)20;1-3-18(2)5-8-25(9-6-18)14-11-21-16-15(23-24-17(16)22-14)12-4-7-20-10-13(12)19/h5-7,12H,4,8-11H2,1-3H3,(H,23,24,25);4-7,12H,3,8-11H2,1-2H3,(H,22,23,24);5-6,9,12H,4,7-8,10-11H2,1-3H3,(H,22,23,24);3-5,10H,6-9H2,1-2H3,(H,22,23,24);4,7,10-11H,3,5-6,8-9H2,1-2H3,(H,22,23,24). The van der Waals surface area contributed by atoms with Crippen LogP contribution in [-0.4, -0.2) is 176 Å². The molecule has 32 heteroatoms. The molecule has 5 N–H and O–H groups in total. The van der Waals surface area contributed by atoms with Gasteiger partial charge < -0.3 is 24.5 Å². The zero-order valence-electron chi connectivity index (χ0n) is 73.8. The van der Waals surface area contributed by atoms with Crippen molar-refractivity contribution in [1.29, 1.82) is 0 Å². The highest BCUT2D eigenvalue weighted by Gasteiger charge is 2.35. The van der Waals surface area contributed by atoms with Crippen LogP contribution in [0.3, 0.4) is 0 Å². The molecule has 0 spiro atoms. The van der Waals surface area contributed by atoms with E-state index in [1.165, 1.54) is 83.1 Å². The van der Waals surface area contributed by atoms with Gasteiger partial charge in [-0.15, -0.1) is 0 Å². The van der Waals surface area contributed by atoms with Crippen LogP contribution in [0.25, 0.3) is 112 Å². The van der Waals surface area contributed by atoms with Crippen molar-refractivity contribution in [2.24, 2.45) is 27.1 Å². The molecule has 0 atom stereocenters. The summed E-state index contributed by atoms with van der Waals surface area (Å²) in [5.74, 6) is 4.03. The first-order chi connectivity index (χ1) is 60.7. The molecule has 5 aliphatic heterocycles. The molecule has 20 rings (SSSR count). The van der Waals surface area contributed by atoms with Gasteiger partial charge in [0.05, 0.1) is 80.1 Å². The third-order valence-electron chi connectivity index (χ3n) is 27.5. The molecule has 0 aliphatic carbocycles. The van der Waals surface area contributed by atoms with Gasteiger partial charge in [-0.2, -0.15) is 25.5 Å². The quantitative estimate of drug-likeness (QED) is 0.0675. The number of nitrogens with one attached hydrogen (secondary N) is 5. The molecule has 0 amide bonds. The molecule has 126 heavy (non-hydrogen) atoms. The predicted molar refractivity (Wildman–Crippen MR) is 505 cm³/mol. The average Bonchev–Trinajstić information content (AvgIpc) is 1.29. The van der Waals surface area contributed by atoms with Crippen molar-refractivity contribution in [3.63, 3.8) is 0 Å². The van der Waals surface area contributed by atoms with Crippen molar-refractivity contribution in [1.82, 2.24) is 111 Å². The van der Waals surface area contributed by atoms with E-state index in [0.29, 0.717) is 81.6 Å². The summed E-state index contributed by atoms with van der Waals surface area (Å²) in [7, 11) is 0. The van der Waals surface area contributed by atoms with E-state index >= 15 is 0 Å². The normalized spacial score (nSPS) is 17.1. The van der Waals surface area contributed by atoms with Gasteiger partial charge in [-0.25, -0.2) is 54.2 Å². The number of aryl methyl sites for hydroxylation is 1. The first kappa shape index (κ1) is 88.2. The lowest BCUT2D eigenvalue weighted by molar-refractivity contribution is 0.237. The highest BCUT2D eigenvalue weighted by molar-refractivity contribution is 6.34. The van der Waals surface area contributed by atoms with E-state index < -0.39 is 5.82 Å². The highest BCUT2D eigenvalue weighted by atomic mass is 35.5. The molecular formula is C94H110Cl4FN27. The third kappa shape index (κ3) is 19.1. The highest BCUT2D eigenvalue weighted by Crippen LogP contribution is 2.43. The smallest absolute Gasteiger partial charge is 0.202 e. The lowest BCUT2D eigenvalue weighted by Crippen LogP contribution is -2.38. The molecule has 5 saturated heterocycles. The topological polar surface area (TPSA) is 314 Å². The Bertz CT molecular complexity index is 5940. The summed E-state index contributed by atoms with van der Waals surface area (Å²) >= 11 is 25.0. The number of hydrogen-bond donors (Lipinski definition) is 5. The molecule has 12 aromatic heterocycles. The van der Waals surface area contributed by atoms with Gasteiger partial charge >= 0.3 is 0 Å². The third-order valence-corrected chi connectivity index (χ3v) is 28.9. The minimum Gasteiger partial charge on any atom is -0.355 e. The molecule has 17 heterocycles. The number of benzene rings is 3. The first-order valence-corrected chi connectivity index (χ1v) is 45.5. The first-order valence-electron chi connectivity index (χ1n) is 44.0. The van der Waals surface area contributed by atoms with Gasteiger partial charge in [-0.3, -0.25) is 35.5 Å². The van der Waals surface area contributed by atoms with Crippen molar-refractivity contribution >= 4 is 131 Å². The number of halogens is 5. The zero-order chi connectivity index (χ0) is 88.2. The SMILES string of the molecule is CC1(C)CCN(c2cnc3c(-c4c(F)cccc4Cl)[nH]nc3n2)CC1.CCC1(C)CCN(c2cnc3c(-c4cccc(Cl)c4C)[nH]nc3n2)CC1.CCC1(C)CCN(c2cnc3c(-c4ccccc4Cl)[nH]nc3n2)CC1.CCC1(C)CCN(c2cnc3c(-c4cccnc4C)[nH]nc3n2)CC1.CCC1(C)CCN(c2cnc3c(-c4ccncc4Cl)[nH]nc3n2)CC1. The van der Waals surface area contributed by atoms with Gasteiger partial charge in [0.15, 0.2) is 0 Å². The van der Waals surface area contributed by atoms with Crippen molar-refractivity contribution in [2.75, 3.05) is 89.9 Å². The van der Waals surface area contributed by atoms with Gasteiger partial charge in [-0.05, 0) is 153 Å². The van der Waals surface area contributed by atoms with Crippen molar-refractivity contribution in [3.8, 4) is 56.3 Å². The number of rotatable bonds is 14. The van der Waals surface area contributed by atoms with Crippen LogP contribution in [0, 0.1) is 46.7 Å². The van der Waals surface area contributed by atoms with Crippen LogP contribution in [0.2, 0.25) is 20.1 Å². The van der Waals surface area contributed by atoms with Gasteiger partial charge in [0.1, 0.15) is 62.5 Å². The maximum Gasteiger partial charge on any atom is 0.202 e. The molecule has 5 aliphatic rings. The van der Waals surface area contributed by atoms with Crippen molar-refractivity contribution in [3.05, 3.63) is 166 Å². The summed E-state index contributed by atoms with van der Waals surface area (Å²) in [5, 5.41) is 39.1. The second kappa shape index (κ2) is 37.4. The number of hydrogen-bond acceptors (Lipinski definition) is 22. The van der Waals surface area contributed by atoms with Gasteiger partial charge in [0.2, 0.25) is 28.2 Å². The number of H-pyrrole nitrogens is 5. The number of pyridine rings is 2. The van der Waals surface area contributed by atoms with Crippen LogP contribution < -0.4 is 24.5 Å². The second-order valence-corrected chi connectivity index (χ2v) is 37.9. The number of fused-ring (bicyclic) bond motifs is 5. The average molecular weight is 1780 g/mol. The summed E-state index contributed by atoms with van der Waals surface area (Å²) in [4.78, 5) is 66.5. The molecular weight excluding hydrogens is 1670 g/mol. The predicted octanol–water partition coefficient (Wildman–Crippen LogP) is 22.0. The van der Waals surface area contributed by atoms with E-state index in [-0.39, 0.29) is 5.56 Å². The van der Waals surface area contributed by atoms with Crippen LogP contribution in [0.1, 0.15) is 170 Å². The lowest BCUT2D eigenvalue weighted by atomic mass is 9.78. The Labute approximate surface area is 753 Å². The Balaban J connectivity index is 0.000000116. The fourth-order valence-electron chi connectivity index (χ4n) is 17.1. The Morgan fingerprint density at radius 2 is 0.643 bits per heavy atom. The van der Waals surface area contributed by atoms with E-state index in [4.69, 9.17) is 66.3 Å². The lowest BCUT2D eigenvalue weighted by Gasteiger charge is -2.39. The Morgan fingerprint density at radius 3 is 1.02 bits per heavy atom. The molecule has 5 fully saturated rings. The Hall–Kier alpha value is -11.2. The van der Waals surface area contributed by atoms with Crippen LogP contribution in [-0.2, 0) is 0 Å². The van der Waals surface area contributed by atoms with Crippen LogP contribution in [0.15, 0.2) is 128 Å². The second-order valence-electron chi connectivity index (χ2n) is 36.2. The summed E-state index contributed by atoms with van der Waals surface area (Å²) < 4.78 is 14.2. The number of aromatic amines is 5. The zero-order valence-corrected chi connectivity index (χ0v) is 76.8. The van der Waals surface area contributed by atoms with Gasteiger partial charge in [-0.1, -0.05) is 178 Å². The summed E-state index contributed by atoms with van der Waals surface area (Å²) in [6.07, 6.45) is 30.9. The van der Waals surface area contributed by atoms with Crippen LogP contribution in [0.4, 0.5) is 33.5 Å². The molecule has 27 nitrogen and oxygen atoms in total. The van der Waals surface area contributed by atoms with Crippen molar-refractivity contribution in [2.45, 2.75) is 173 Å². The molecule has 656 valence electrons. The minimum absolute atomic E-state index is 0.272. The monoisotopic (exact) mass is 1780 g/mol. The van der Waals surface area contributed by atoms with E-state index in [9.17, 15) is 4.39 Å². The minimum atomic E-state index is -0.415. The summed E-state index contributed by atoms with van der Waals surface area (Å²) in [6, 6.07) is 23.9. The summed E-state index contributed by atoms with van der Waals surface area (Å²) in [6.45, 7) is 37.3. The molecule has 0 bridgehead atoms. The van der Waals surface area contributed by atoms with E-state index in [1.54, 1.807) is 36.9 Å². The van der Waals surface area contributed by atoms with Crippen LogP contribution in [0.5, 0.6) is 0 Å². The largest absolute Gasteiger partial charge is 0.355 e. The number of piperidine rings is 5. The van der Waals surface area contributed by atoms with E-state index in [0.717, 1.165) is 191 Å². The molecule has 0 saturated carbocycles. The number of anilines is 5. The van der Waals surface area contributed by atoms with Crippen LogP contribution >= 0.6 is 46.4 Å². The molecule has 0 unspecified atom stereocenters.